The summed E-state index contributed by atoms with van der Waals surface area (Å²) in [4.78, 5) is 14.4. The smallest absolute Gasteiger partial charge is 0.231 e. The van der Waals surface area contributed by atoms with Gasteiger partial charge in [-0.05, 0) is 41.6 Å². The number of carbonyl (C=O) groups is 1. The van der Waals surface area contributed by atoms with Crippen molar-refractivity contribution in [1.82, 2.24) is 10.2 Å². The minimum atomic E-state index is -0.559. The van der Waals surface area contributed by atoms with E-state index in [0.717, 1.165) is 16.0 Å². The highest BCUT2D eigenvalue weighted by Gasteiger charge is 2.38. The molecule has 0 spiro atoms. The molecule has 1 aliphatic rings. The number of benzene rings is 1. The van der Waals surface area contributed by atoms with Crippen molar-refractivity contribution in [2.24, 2.45) is 0 Å². The van der Waals surface area contributed by atoms with Gasteiger partial charge in [0.2, 0.25) is 5.91 Å². The van der Waals surface area contributed by atoms with Gasteiger partial charge in [-0.3, -0.25) is 15.1 Å². The number of guanidine groups is 1. The summed E-state index contributed by atoms with van der Waals surface area (Å²) >= 11 is 1.57. The average Bonchev–Trinajstić information content (AvgIpc) is 3.03. The van der Waals surface area contributed by atoms with Crippen molar-refractivity contribution in [1.29, 1.82) is 10.7 Å². The minimum Gasteiger partial charge on any atom is -0.345 e. The van der Waals surface area contributed by atoms with E-state index in [9.17, 15) is 4.79 Å². The van der Waals surface area contributed by atoms with Crippen molar-refractivity contribution < 1.29 is 4.79 Å². The molecule has 0 unspecified atom stereocenters. The van der Waals surface area contributed by atoms with E-state index in [1.54, 1.807) is 30.5 Å². The largest absolute Gasteiger partial charge is 0.345 e. The maximum atomic E-state index is 12.1. The molecule has 0 radical (unpaired) electrons. The Morgan fingerprint density at radius 3 is 2.65 bits per heavy atom. The summed E-state index contributed by atoms with van der Waals surface area (Å²) in [6, 6.07) is 11.6. The fourth-order valence-electron chi connectivity index (χ4n) is 2.60. The van der Waals surface area contributed by atoms with Gasteiger partial charge in [-0.15, -0.1) is 11.3 Å². The first-order valence-corrected chi connectivity index (χ1v) is 8.04. The first-order chi connectivity index (χ1) is 10.9. The van der Waals surface area contributed by atoms with Crippen molar-refractivity contribution in [3.8, 4) is 17.2 Å². The van der Waals surface area contributed by atoms with Crippen LogP contribution in [0, 0.1) is 16.7 Å². The van der Waals surface area contributed by atoms with Crippen LogP contribution in [0.5, 0.6) is 0 Å². The van der Waals surface area contributed by atoms with Gasteiger partial charge in [0.25, 0.3) is 0 Å². The Hall–Kier alpha value is -2.65. The number of carbonyl (C=O) groups excluding carboxylic acids is 1. The molecule has 2 aromatic rings. The number of rotatable bonds is 2. The van der Waals surface area contributed by atoms with Gasteiger partial charge in [-0.1, -0.05) is 12.1 Å². The van der Waals surface area contributed by atoms with Gasteiger partial charge in [0.15, 0.2) is 5.96 Å². The number of nitrogens with one attached hydrogen (secondary N) is 2. The second kappa shape index (κ2) is 5.52. The van der Waals surface area contributed by atoms with Crippen LogP contribution in [-0.2, 0) is 10.3 Å². The summed E-state index contributed by atoms with van der Waals surface area (Å²) < 4.78 is 0. The molecule has 2 heterocycles. The molecule has 1 amide bonds. The highest BCUT2D eigenvalue weighted by molar-refractivity contribution is 7.10. The molecule has 1 fully saturated rings. The van der Waals surface area contributed by atoms with Crippen molar-refractivity contribution in [2.75, 3.05) is 7.05 Å². The van der Waals surface area contributed by atoms with Crippen molar-refractivity contribution in [3.05, 3.63) is 46.2 Å². The molecule has 1 aliphatic heterocycles. The number of amides is 1. The zero-order chi connectivity index (χ0) is 16.6. The Bertz CT molecular complexity index is 798. The molecule has 116 valence electrons. The number of thiophene rings is 1. The normalized spacial score (nSPS) is 21.0. The third-order valence-electron chi connectivity index (χ3n) is 4.10. The van der Waals surface area contributed by atoms with E-state index in [1.807, 2.05) is 30.5 Å². The third-order valence-corrected chi connectivity index (χ3v) is 5.29. The van der Waals surface area contributed by atoms with E-state index in [0.29, 0.717) is 12.0 Å². The molecular formula is C17H16N4OS. The van der Waals surface area contributed by atoms with Crippen molar-refractivity contribution in [2.45, 2.75) is 18.9 Å². The monoisotopic (exact) mass is 324 g/mol. The summed E-state index contributed by atoms with van der Waals surface area (Å²) in [5.74, 6) is 0.0571. The van der Waals surface area contributed by atoms with Crippen LogP contribution in [0.2, 0.25) is 0 Å². The highest BCUT2D eigenvalue weighted by Crippen LogP contribution is 2.36. The number of nitrogens with zero attached hydrogens (tertiary/aromatic N) is 2. The van der Waals surface area contributed by atoms with Gasteiger partial charge >= 0.3 is 0 Å². The van der Waals surface area contributed by atoms with E-state index in [-0.39, 0.29) is 11.9 Å². The molecule has 0 bridgehead atoms. The van der Waals surface area contributed by atoms with Crippen LogP contribution in [0.4, 0.5) is 0 Å². The Morgan fingerprint density at radius 2 is 2.04 bits per heavy atom. The summed E-state index contributed by atoms with van der Waals surface area (Å²) in [5.41, 5.74) is 2.16. The molecular weight excluding hydrogens is 308 g/mol. The van der Waals surface area contributed by atoms with Crippen LogP contribution in [0.25, 0.3) is 11.1 Å². The Morgan fingerprint density at radius 1 is 1.35 bits per heavy atom. The second-order valence-corrected chi connectivity index (χ2v) is 6.74. The fourth-order valence-corrected chi connectivity index (χ4v) is 3.63. The lowest BCUT2D eigenvalue weighted by atomic mass is 9.92. The number of nitriles is 1. The predicted octanol–water partition coefficient (Wildman–Crippen LogP) is 2.89. The predicted molar refractivity (Wildman–Crippen MR) is 90.1 cm³/mol. The lowest BCUT2D eigenvalue weighted by Gasteiger charge is -2.38. The minimum absolute atomic E-state index is 0.0652. The second-order valence-electron chi connectivity index (χ2n) is 5.82. The number of hydrogen-bond acceptors (Lipinski definition) is 4. The highest BCUT2D eigenvalue weighted by atomic mass is 32.1. The van der Waals surface area contributed by atoms with Gasteiger partial charge in [-0.25, -0.2) is 0 Å². The van der Waals surface area contributed by atoms with Crippen molar-refractivity contribution in [3.63, 3.8) is 0 Å². The standard InChI is InChI=1S/C17H16N4OS/c1-17(8-15(22)21(2)16(19)20-17)14-7-13(10-23-14)12-5-3-11(9-18)4-6-12/h3-7,10H,8H2,1-2H3,(H2,19,20)/t17-/m0/s1. The first kappa shape index (κ1) is 15.3. The Balaban J connectivity index is 1.90. The molecule has 1 saturated heterocycles. The van der Waals surface area contributed by atoms with E-state index < -0.39 is 5.54 Å². The first-order valence-electron chi connectivity index (χ1n) is 7.16. The Kier molecular flexibility index (Phi) is 3.66. The van der Waals surface area contributed by atoms with Gasteiger partial charge < -0.3 is 5.32 Å². The zero-order valence-corrected chi connectivity index (χ0v) is 13.7. The maximum Gasteiger partial charge on any atom is 0.231 e. The van der Waals surface area contributed by atoms with Crippen LogP contribution in [0.1, 0.15) is 23.8 Å². The van der Waals surface area contributed by atoms with Crippen molar-refractivity contribution >= 4 is 23.2 Å². The van der Waals surface area contributed by atoms with Crippen LogP contribution < -0.4 is 5.32 Å². The summed E-state index contributed by atoms with van der Waals surface area (Å²) in [6.07, 6.45) is 0.319. The van der Waals surface area contributed by atoms with Crippen LogP contribution in [0.3, 0.4) is 0 Å². The molecule has 0 aliphatic carbocycles. The maximum absolute atomic E-state index is 12.1. The molecule has 1 atom stereocenters. The van der Waals surface area contributed by atoms with E-state index in [4.69, 9.17) is 10.7 Å². The van der Waals surface area contributed by atoms with Crippen LogP contribution >= 0.6 is 11.3 Å². The van der Waals surface area contributed by atoms with Crippen LogP contribution in [-0.4, -0.2) is 23.8 Å². The average molecular weight is 324 g/mol. The summed E-state index contributed by atoms with van der Waals surface area (Å²) in [6.45, 7) is 1.95. The molecule has 23 heavy (non-hydrogen) atoms. The SMILES string of the molecule is CN1C(=N)N[C@](C)(c2cc(-c3ccc(C#N)cc3)cs2)CC1=O. The molecule has 5 nitrogen and oxygen atoms in total. The quantitative estimate of drug-likeness (QED) is 0.891. The molecule has 6 heteroatoms. The van der Waals surface area contributed by atoms with Gasteiger partial charge in [0, 0.05) is 11.9 Å². The van der Waals surface area contributed by atoms with E-state index in [2.05, 4.69) is 11.4 Å². The molecule has 0 saturated carbocycles. The topological polar surface area (TPSA) is 80.0 Å². The fraction of sp³-hybridized carbons (Fsp3) is 0.235. The lowest BCUT2D eigenvalue weighted by Crippen LogP contribution is -2.57. The van der Waals surface area contributed by atoms with Gasteiger partial charge in [0.05, 0.1) is 23.6 Å². The third kappa shape index (κ3) is 2.71. The Labute approximate surface area is 138 Å². The summed E-state index contributed by atoms with van der Waals surface area (Å²) in [5, 5.41) is 21.9. The zero-order valence-electron chi connectivity index (χ0n) is 12.9. The molecule has 1 aromatic heterocycles. The van der Waals surface area contributed by atoms with E-state index >= 15 is 0 Å². The lowest BCUT2D eigenvalue weighted by molar-refractivity contribution is -0.129. The molecule has 1 aromatic carbocycles. The van der Waals surface area contributed by atoms with Gasteiger partial charge in [0.1, 0.15) is 0 Å². The van der Waals surface area contributed by atoms with Crippen LogP contribution in [0.15, 0.2) is 35.7 Å². The number of hydrogen-bond donors (Lipinski definition) is 2. The molecule has 3 rings (SSSR count). The van der Waals surface area contributed by atoms with E-state index in [1.165, 1.54) is 4.90 Å². The molecule has 2 N–H and O–H groups in total. The van der Waals surface area contributed by atoms with Gasteiger partial charge in [-0.2, -0.15) is 5.26 Å². The summed E-state index contributed by atoms with van der Waals surface area (Å²) in [7, 11) is 1.61.